The van der Waals surface area contributed by atoms with Gasteiger partial charge in [-0.2, -0.15) is 0 Å². The van der Waals surface area contributed by atoms with Crippen LogP contribution in [0.2, 0.25) is 11.1 Å². The molecule has 0 bridgehead atoms. The van der Waals surface area contributed by atoms with Crippen LogP contribution in [0.3, 0.4) is 0 Å². The second kappa shape index (κ2) is 6.35. The van der Waals surface area contributed by atoms with Crippen molar-refractivity contribution < 1.29 is 0 Å². The van der Waals surface area contributed by atoms with E-state index in [4.69, 9.17) is 0 Å². The van der Waals surface area contributed by atoms with E-state index in [2.05, 4.69) is 23.9 Å². The molecule has 2 aliphatic rings. The first-order chi connectivity index (χ1) is 8.33. The van der Waals surface area contributed by atoms with Gasteiger partial charge in [-0.25, -0.2) is 0 Å². The first kappa shape index (κ1) is 13.6. The van der Waals surface area contributed by atoms with E-state index in [1.807, 2.05) is 0 Å². The van der Waals surface area contributed by atoms with Crippen LogP contribution in [0.5, 0.6) is 0 Å². The molecule has 0 unspecified atom stereocenters. The lowest BCUT2D eigenvalue weighted by atomic mass is 10.3. The Hall–Kier alpha value is 0.137. The first-order valence-corrected chi connectivity index (χ1v) is 9.93. The van der Waals surface area contributed by atoms with E-state index in [9.17, 15) is 0 Å². The summed E-state index contributed by atoms with van der Waals surface area (Å²) in [5.41, 5.74) is 2.00. The predicted octanol–water partition coefficient (Wildman–Crippen LogP) is 3.54. The summed E-state index contributed by atoms with van der Waals surface area (Å²) in [6.07, 6.45) is 13.1. The summed E-state index contributed by atoms with van der Waals surface area (Å²) in [6, 6.07) is 0. The van der Waals surface area contributed by atoms with E-state index < -0.39 is 8.40 Å². The fourth-order valence-corrected chi connectivity index (χ4v) is 9.75. The van der Waals surface area contributed by atoms with Gasteiger partial charge in [0, 0.05) is 0 Å². The molecule has 2 fully saturated rings. The van der Waals surface area contributed by atoms with Crippen LogP contribution in [-0.2, 0) is 0 Å². The van der Waals surface area contributed by atoms with E-state index in [-0.39, 0.29) is 0 Å². The van der Waals surface area contributed by atoms with Crippen LogP contribution < -0.4 is 9.96 Å². The molecule has 2 nitrogen and oxygen atoms in total. The van der Waals surface area contributed by atoms with Crippen molar-refractivity contribution in [3.63, 3.8) is 0 Å². The maximum absolute atomic E-state index is 4.04. The molecule has 0 heterocycles. The van der Waals surface area contributed by atoms with Crippen LogP contribution >= 0.6 is 0 Å². The average molecular weight is 254 g/mol. The molecule has 17 heavy (non-hydrogen) atoms. The standard InChI is InChI=1S/C14H30N2Si/c1-3-12-16-17(15-2,13-8-4-5-9-13)14-10-6-7-11-14/h13-16H,3-12H2,1-2H3. The van der Waals surface area contributed by atoms with Gasteiger partial charge in [0.2, 0.25) is 8.40 Å². The minimum atomic E-state index is -1.42. The van der Waals surface area contributed by atoms with Crippen LogP contribution in [0, 0.1) is 0 Å². The maximum atomic E-state index is 4.04. The second-order valence-electron chi connectivity index (χ2n) is 6.01. The summed E-state index contributed by atoms with van der Waals surface area (Å²) in [6.45, 7) is 3.52. The third-order valence-electron chi connectivity index (χ3n) is 5.08. The van der Waals surface area contributed by atoms with Crippen LogP contribution in [-0.4, -0.2) is 22.0 Å². The van der Waals surface area contributed by atoms with Gasteiger partial charge >= 0.3 is 0 Å². The van der Waals surface area contributed by atoms with Crippen molar-refractivity contribution in [2.24, 2.45) is 0 Å². The zero-order valence-electron chi connectivity index (χ0n) is 11.7. The third kappa shape index (κ3) is 2.77. The van der Waals surface area contributed by atoms with Gasteiger partial charge in [-0.3, -0.25) is 0 Å². The van der Waals surface area contributed by atoms with Gasteiger partial charge in [0.1, 0.15) is 0 Å². The fourth-order valence-electron chi connectivity index (χ4n) is 4.21. The number of nitrogens with one attached hydrogen (secondary N) is 2. The Balaban J connectivity index is 2.11. The molecule has 0 aliphatic heterocycles. The van der Waals surface area contributed by atoms with Gasteiger partial charge in [0.15, 0.2) is 0 Å². The molecule has 0 spiro atoms. The molecule has 2 N–H and O–H groups in total. The molecular formula is C14H30N2Si. The molecule has 0 amide bonds. The molecule has 0 saturated heterocycles. The summed E-state index contributed by atoms with van der Waals surface area (Å²) in [5.74, 6) is 0. The van der Waals surface area contributed by atoms with Crippen molar-refractivity contribution in [2.45, 2.75) is 75.8 Å². The van der Waals surface area contributed by atoms with Crippen LogP contribution in [0.4, 0.5) is 0 Å². The lowest BCUT2D eigenvalue weighted by Gasteiger charge is -2.42. The SMILES string of the molecule is CCCN[Si](NC)(C1CCCC1)C1CCCC1. The largest absolute Gasteiger partial charge is 0.328 e. The zero-order valence-corrected chi connectivity index (χ0v) is 12.7. The van der Waals surface area contributed by atoms with E-state index in [1.165, 1.54) is 64.3 Å². The molecule has 2 rings (SSSR count). The molecule has 0 atom stereocenters. The topological polar surface area (TPSA) is 24.1 Å². The van der Waals surface area contributed by atoms with E-state index in [1.54, 1.807) is 0 Å². The van der Waals surface area contributed by atoms with Crippen molar-refractivity contribution in [2.75, 3.05) is 13.6 Å². The maximum Gasteiger partial charge on any atom is 0.207 e. The Labute approximate surface area is 108 Å². The monoisotopic (exact) mass is 254 g/mol. The van der Waals surface area contributed by atoms with E-state index in [0.717, 1.165) is 11.1 Å². The van der Waals surface area contributed by atoms with Crippen molar-refractivity contribution in [3.8, 4) is 0 Å². The Morgan fingerprint density at radius 3 is 1.76 bits per heavy atom. The summed E-state index contributed by atoms with van der Waals surface area (Å²) in [5, 5.41) is 0. The van der Waals surface area contributed by atoms with Crippen LogP contribution in [0.25, 0.3) is 0 Å². The van der Waals surface area contributed by atoms with Crippen molar-refractivity contribution in [3.05, 3.63) is 0 Å². The normalized spacial score (nSPS) is 23.6. The first-order valence-electron chi connectivity index (χ1n) is 7.77. The molecule has 2 aliphatic carbocycles. The van der Waals surface area contributed by atoms with Crippen molar-refractivity contribution in [1.82, 2.24) is 9.96 Å². The molecule has 0 radical (unpaired) electrons. The Morgan fingerprint density at radius 1 is 0.941 bits per heavy atom. The summed E-state index contributed by atoms with van der Waals surface area (Å²) < 4.78 is 0. The second-order valence-corrected chi connectivity index (χ2v) is 10.2. The number of hydrogen-bond acceptors (Lipinski definition) is 2. The van der Waals surface area contributed by atoms with E-state index in [0.29, 0.717) is 0 Å². The van der Waals surface area contributed by atoms with Crippen LogP contribution in [0.15, 0.2) is 0 Å². The fraction of sp³-hybridized carbons (Fsp3) is 1.00. The van der Waals surface area contributed by atoms with Gasteiger partial charge < -0.3 is 9.96 Å². The zero-order chi connectivity index (χ0) is 12.1. The predicted molar refractivity (Wildman–Crippen MR) is 77.5 cm³/mol. The minimum absolute atomic E-state index is 1.00. The highest BCUT2D eigenvalue weighted by Gasteiger charge is 2.48. The molecular weight excluding hydrogens is 224 g/mol. The molecule has 100 valence electrons. The summed E-state index contributed by atoms with van der Waals surface area (Å²) in [7, 11) is 0.817. The average Bonchev–Trinajstić information content (AvgIpc) is 3.04. The number of rotatable bonds is 6. The van der Waals surface area contributed by atoms with Gasteiger partial charge in [-0.05, 0) is 31.1 Å². The molecule has 3 heteroatoms. The Bertz CT molecular complexity index is 204. The summed E-state index contributed by atoms with van der Waals surface area (Å²) >= 11 is 0. The van der Waals surface area contributed by atoms with Crippen molar-refractivity contribution >= 4 is 8.40 Å². The highest BCUT2D eigenvalue weighted by atomic mass is 28.3. The number of hydrogen-bond donors (Lipinski definition) is 2. The highest BCUT2D eigenvalue weighted by molar-refractivity contribution is 6.78. The van der Waals surface area contributed by atoms with Gasteiger partial charge in [0.05, 0.1) is 0 Å². The van der Waals surface area contributed by atoms with Gasteiger partial charge in [0.25, 0.3) is 0 Å². The lowest BCUT2D eigenvalue weighted by Crippen LogP contribution is -2.66. The quantitative estimate of drug-likeness (QED) is 0.709. The molecule has 0 aromatic heterocycles. The van der Waals surface area contributed by atoms with Crippen LogP contribution in [0.1, 0.15) is 64.7 Å². The molecule has 0 aromatic rings. The third-order valence-corrected chi connectivity index (χ3v) is 10.5. The smallest absolute Gasteiger partial charge is 0.207 e. The van der Waals surface area contributed by atoms with E-state index >= 15 is 0 Å². The molecule has 0 aromatic carbocycles. The lowest BCUT2D eigenvalue weighted by molar-refractivity contribution is 0.655. The van der Waals surface area contributed by atoms with Gasteiger partial charge in [-0.15, -0.1) is 0 Å². The highest BCUT2D eigenvalue weighted by Crippen LogP contribution is 2.46. The van der Waals surface area contributed by atoms with Gasteiger partial charge in [-0.1, -0.05) is 58.3 Å². The summed E-state index contributed by atoms with van der Waals surface area (Å²) in [4.78, 5) is 7.91. The Kier molecular flexibility index (Phi) is 5.06. The van der Waals surface area contributed by atoms with Crippen molar-refractivity contribution in [1.29, 1.82) is 0 Å². The Morgan fingerprint density at radius 2 is 1.41 bits per heavy atom. The minimum Gasteiger partial charge on any atom is -0.328 e. The molecule has 2 saturated carbocycles.